The first-order chi connectivity index (χ1) is 5.36. The SMILES string of the molecule is Cc1cnc(C2OCCO2)[nH]1. The lowest BCUT2D eigenvalue weighted by molar-refractivity contribution is -0.0501. The molecule has 1 saturated heterocycles. The molecule has 2 rings (SSSR count). The fraction of sp³-hybridized carbons (Fsp3) is 0.571. The second-order valence-electron chi connectivity index (χ2n) is 2.52. The summed E-state index contributed by atoms with van der Waals surface area (Å²) < 4.78 is 10.5. The quantitative estimate of drug-likeness (QED) is 0.649. The van der Waals surface area contributed by atoms with Gasteiger partial charge in [-0.2, -0.15) is 0 Å². The predicted molar refractivity (Wildman–Crippen MR) is 38.0 cm³/mol. The van der Waals surface area contributed by atoms with Crippen molar-refractivity contribution in [2.45, 2.75) is 13.2 Å². The summed E-state index contributed by atoms with van der Waals surface area (Å²) in [5, 5.41) is 0. The van der Waals surface area contributed by atoms with Crippen molar-refractivity contribution in [2.24, 2.45) is 0 Å². The van der Waals surface area contributed by atoms with Gasteiger partial charge in [-0.25, -0.2) is 4.98 Å². The molecule has 1 aromatic heterocycles. The smallest absolute Gasteiger partial charge is 0.217 e. The van der Waals surface area contributed by atoms with Crippen LogP contribution in [0.1, 0.15) is 17.8 Å². The topological polar surface area (TPSA) is 47.1 Å². The molecule has 1 aliphatic heterocycles. The Balaban J connectivity index is 2.15. The number of aryl methyl sites for hydroxylation is 1. The van der Waals surface area contributed by atoms with Gasteiger partial charge in [-0.15, -0.1) is 0 Å². The van der Waals surface area contributed by atoms with E-state index in [0.717, 1.165) is 11.5 Å². The van der Waals surface area contributed by atoms with Gasteiger partial charge < -0.3 is 14.5 Å². The van der Waals surface area contributed by atoms with Crippen molar-refractivity contribution < 1.29 is 9.47 Å². The van der Waals surface area contributed by atoms with Gasteiger partial charge in [0.05, 0.1) is 13.2 Å². The van der Waals surface area contributed by atoms with Gasteiger partial charge in [-0.3, -0.25) is 0 Å². The maximum absolute atomic E-state index is 5.24. The molecular formula is C7H10N2O2. The largest absolute Gasteiger partial charge is 0.343 e. The highest BCUT2D eigenvalue weighted by molar-refractivity contribution is 4.99. The molecule has 1 fully saturated rings. The Bertz CT molecular complexity index is 240. The number of nitrogens with zero attached hydrogens (tertiary/aromatic N) is 1. The van der Waals surface area contributed by atoms with Crippen LogP contribution < -0.4 is 0 Å². The minimum atomic E-state index is -0.274. The van der Waals surface area contributed by atoms with Gasteiger partial charge >= 0.3 is 0 Å². The van der Waals surface area contributed by atoms with E-state index < -0.39 is 0 Å². The van der Waals surface area contributed by atoms with Crippen LogP contribution in [-0.2, 0) is 9.47 Å². The summed E-state index contributed by atoms with van der Waals surface area (Å²) in [7, 11) is 0. The van der Waals surface area contributed by atoms with Crippen LogP contribution in [0.3, 0.4) is 0 Å². The Labute approximate surface area is 64.5 Å². The van der Waals surface area contributed by atoms with E-state index in [0.29, 0.717) is 13.2 Å². The monoisotopic (exact) mass is 154 g/mol. The first kappa shape index (κ1) is 6.82. The van der Waals surface area contributed by atoms with Gasteiger partial charge in [0, 0.05) is 11.9 Å². The normalized spacial score (nSPS) is 19.4. The van der Waals surface area contributed by atoms with Crippen molar-refractivity contribution in [1.29, 1.82) is 0 Å². The molecule has 0 aliphatic carbocycles. The molecule has 60 valence electrons. The van der Waals surface area contributed by atoms with Gasteiger partial charge in [0.25, 0.3) is 0 Å². The zero-order chi connectivity index (χ0) is 7.68. The Kier molecular flexibility index (Phi) is 1.63. The second kappa shape index (κ2) is 2.64. The average Bonchev–Trinajstić information content (AvgIpc) is 2.55. The van der Waals surface area contributed by atoms with Crippen LogP contribution in [0.2, 0.25) is 0 Å². The van der Waals surface area contributed by atoms with Gasteiger partial charge in [0.15, 0.2) is 5.82 Å². The highest BCUT2D eigenvalue weighted by Crippen LogP contribution is 2.19. The minimum absolute atomic E-state index is 0.274. The number of ether oxygens (including phenoxy) is 2. The summed E-state index contributed by atoms with van der Waals surface area (Å²) in [5.74, 6) is 0.764. The van der Waals surface area contributed by atoms with Crippen LogP contribution in [-0.4, -0.2) is 23.2 Å². The first-order valence-corrected chi connectivity index (χ1v) is 3.61. The van der Waals surface area contributed by atoms with Crippen molar-refractivity contribution in [3.63, 3.8) is 0 Å². The number of H-pyrrole nitrogens is 1. The fourth-order valence-electron chi connectivity index (χ4n) is 1.07. The van der Waals surface area contributed by atoms with E-state index in [4.69, 9.17) is 9.47 Å². The lowest BCUT2D eigenvalue weighted by Gasteiger charge is -2.03. The highest BCUT2D eigenvalue weighted by atomic mass is 16.7. The van der Waals surface area contributed by atoms with E-state index >= 15 is 0 Å². The fourth-order valence-corrected chi connectivity index (χ4v) is 1.07. The molecule has 0 bridgehead atoms. The van der Waals surface area contributed by atoms with E-state index in [-0.39, 0.29) is 6.29 Å². The second-order valence-corrected chi connectivity index (χ2v) is 2.52. The zero-order valence-corrected chi connectivity index (χ0v) is 6.33. The van der Waals surface area contributed by atoms with Gasteiger partial charge in [0.1, 0.15) is 0 Å². The Morgan fingerprint density at radius 1 is 1.55 bits per heavy atom. The Morgan fingerprint density at radius 3 is 2.82 bits per heavy atom. The van der Waals surface area contributed by atoms with Crippen LogP contribution in [0.5, 0.6) is 0 Å². The van der Waals surface area contributed by atoms with Crippen molar-refractivity contribution in [3.8, 4) is 0 Å². The molecule has 0 radical (unpaired) electrons. The maximum Gasteiger partial charge on any atom is 0.217 e. The number of hydrogen-bond donors (Lipinski definition) is 1. The maximum atomic E-state index is 5.24. The minimum Gasteiger partial charge on any atom is -0.343 e. The molecule has 1 aromatic rings. The highest BCUT2D eigenvalue weighted by Gasteiger charge is 2.20. The van der Waals surface area contributed by atoms with E-state index in [1.807, 2.05) is 6.92 Å². The van der Waals surface area contributed by atoms with Crippen LogP contribution >= 0.6 is 0 Å². The Hall–Kier alpha value is -0.870. The molecule has 0 saturated carbocycles. The number of aromatic nitrogens is 2. The summed E-state index contributed by atoms with van der Waals surface area (Å²) in [6.45, 7) is 3.26. The molecule has 11 heavy (non-hydrogen) atoms. The third-order valence-corrected chi connectivity index (χ3v) is 1.57. The van der Waals surface area contributed by atoms with Gasteiger partial charge in [-0.05, 0) is 6.92 Å². The van der Waals surface area contributed by atoms with Crippen LogP contribution in [0, 0.1) is 6.92 Å². The zero-order valence-electron chi connectivity index (χ0n) is 6.33. The van der Waals surface area contributed by atoms with E-state index in [1.165, 1.54) is 0 Å². The van der Waals surface area contributed by atoms with E-state index in [2.05, 4.69) is 9.97 Å². The summed E-state index contributed by atoms with van der Waals surface area (Å²) >= 11 is 0. The third-order valence-electron chi connectivity index (χ3n) is 1.57. The summed E-state index contributed by atoms with van der Waals surface area (Å²) in [6.07, 6.45) is 1.49. The molecule has 4 nitrogen and oxygen atoms in total. The molecule has 1 aliphatic rings. The number of rotatable bonds is 1. The molecule has 0 aromatic carbocycles. The molecule has 0 atom stereocenters. The molecule has 0 amide bonds. The number of nitrogens with one attached hydrogen (secondary N) is 1. The van der Waals surface area contributed by atoms with Crippen molar-refractivity contribution in [2.75, 3.05) is 13.2 Å². The van der Waals surface area contributed by atoms with Crippen LogP contribution in [0.15, 0.2) is 6.20 Å². The molecule has 4 heteroatoms. The Morgan fingerprint density at radius 2 is 2.27 bits per heavy atom. The number of hydrogen-bond acceptors (Lipinski definition) is 3. The molecule has 2 heterocycles. The number of imidazole rings is 1. The molecule has 0 spiro atoms. The van der Waals surface area contributed by atoms with Crippen LogP contribution in [0.25, 0.3) is 0 Å². The van der Waals surface area contributed by atoms with Crippen LogP contribution in [0.4, 0.5) is 0 Å². The number of aromatic amines is 1. The van der Waals surface area contributed by atoms with E-state index in [1.54, 1.807) is 6.20 Å². The lowest BCUT2D eigenvalue weighted by Crippen LogP contribution is -1.99. The summed E-state index contributed by atoms with van der Waals surface area (Å²) in [5.41, 5.74) is 1.03. The van der Waals surface area contributed by atoms with Crippen molar-refractivity contribution >= 4 is 0 Å². The molecule has 0 unspecified atom stereocenters. The standard InChI is InChI=1S/C7H10N2O2/c1-5-4-8-6(9-5)7-10-2-3-11-7/h4,7H,2-3H2,1H3,(H,8,9). The van der Waals surface area contributed by atoms with Gasteiger partial charge in [-0.1, -0.05) is 0 Å². The molecule has 1 N–H and O–H groups in total. The summed E-state index contributed by atoms with van der Waals surface area (Å²) in [6, 6.07) is 0. The molecular weight excluding hydrogens is 144 g/mol. The lowest BCUT2D eigenvalue weighted by atomic mass is 10.6. The van der Waals surface area contributed by atoms with Crippen molar-refractivity contribution in [3.05, 3.63) is 17.7 Å². The van der Waals surface area contributed by atoms with E-state index in [9.17, 15) is 0 Å². The van der Waals surface area contributed by atoms with Gasteiger partial charge in [0.2, 0.25) is 6.29 Å². The average molecular weight is 154 g/mol. The van der Waals surface area contributed by atoms with Crippen molar-refractivity contribution in [1.82, 2.24) is 9.97 Å². The first-order valence-electron chi connectivity index (χ1n) is 3.61. The predicted octanol–water partition coefficient (Wildman–Crippen LogP) is 0.764. The third kappa shape index (κ3) is 1.27. The summed E-state index contributed by atoms with van der Waals surface area (Å²) in [4.78, 5) is 7.15.